The van der Waals surface area contributed by atoms with Crippen LogP contribution in [0.4, 0.5) is 0 Å². The fourth-order valence-corrected chi connectivity index (χ4v) is 3.11. The van der Waals surface area contributed by atoms with Crippen LogP contribution in [0.5, 0.6) is 23.0 Å². The summed E-state index contributed by atoms with van der Waals surface area (Å²) in [6.07, 6.45) is 5.85. The number of unbranched alkanes of at least 4 members (excludes halogenated alkanes) is 3. The van der Waals surface area contributed by atoms with Gasteiger partial charge in [-0.1, -0.05) is 38.3 Å². The van der Waals surface area contributed by atoms with Crippen LogP contribution in [0.15, 0.2) is 30.3 Å². The van der Waals surface area contributed by atoms with Gasteiger partial charge in [-0.2, -0.15) is 0 Å². The van der Waals surface area contributed by atoms with Gasteiger partial charge in [0, 0.05) is 0 Å². The largest absolute Gasteiger partial charge is 0.507 e. The fourth-order valence-electron chi connectivity index (χ4n) is 3.11. The maximum Gasteiger partial charge on any atom is 0.343 e. The highest BCUT2D eigenvalue weighted by molar-refractivity contribution is 5.94. The van der Waals surface area contributed by atoms with Crippen LogP contribution in [0.25, 0.3) is 0 Å². The van der Waals surface area contributed by atoms with Crippen molar-refractivity contribution in [2.45, 2.75) is 51.9 Å². The summed E-state index contributed by atoms with van der Waals surface area (Å²) in [4.78, 5) is 11.5. The Morgan fingerprint density at radius 2 is 1.68 bits per heavy atom. The number of phenols is 3. The lowest BCUT2D eigenvalue weighted by molar-refractivity contribution is 0.0688. The molecule has 0 saturated carbocycles. The lowest BCUT2D eigenvalue weighted by atomic mass is 10.0. The van der Waals surface area contributed by atoms with Gasteiger partial charge in [0.2, 0.25) is 0 Å². The normalized spacial score (nSPS) is 10.8. The van der Waals surface area contributed by atoms with Crippen molar-refractivity contribution in [1.82, 2.24) is 0 Å². The van der Waals surface area contributed by atoms with Gasteiger partial charge in [-0.3, -0.25) is 0 Å². The van der Waals surface area contributed by atoms with E-state index in [0.29, 0.717) is 18.6 Å². The fraction of sp³-hybridized carbons (Fsp3) is 0.409. The molecule has 4 N–H and O–H groups in total. The number of phenolic OH excluding ortho intramolecular Hbond substituents is 2. The van der Waals surface area contributed by atoms with Crippen molar-refractivity contribution in [2.24, 2.45) is 0 Å². The van der Waals surface area contributed by atoms with Crippen molar-refractivity contribution < 1.29 is 30.0 Å². The minimum Gasteiger partial charge on any atom is -0.507 e. The second-order valence-electron chi connectivity index (χ2n) is 6.84. The van der Waals surface area contributed by atoms with E-state index in [0.717, 1.165) is 44.1 Å². The zero-order valence-corrected chi connectivity index (χ0v) is 16.1. The van der Waals surface area contributed by atoms with Gasteiger partial charge in [0.25, 0.3) is 0 Å². The summed E-state index contributed by atoms with van der Waals surface area (Å²) in [5, 5.41) is 38.4. The van der Waals surface area contributed by atoms with E-state index in [2.05, 4.69) is 0 Å². The average molecular weight is 388 g/mol. The van der Waals surface area contributed by atoms with Gasteiger partial charge < -0.3 is 25.2 Å². The van der Waals surface area contributed by atoms with Gasteiger partial charge in [0.15, 0.2) is 11.5 Å². The standard InChI is InChI=1S/C22H28O6/c1-2-7-16-10-12-19(20(21(16)25)22(26)27)28-13-6-4-3-5-8-15-9-11-17(23)18(24)14-15/h9-12,14,23-25H,2-8,13H2,1H3,(H,26,27). The third kappa shape index (κ3) is 5.81. The van der Waals surface area contributed by atoms with Crippen LogP contribution < -0.4 is 4.74 Å². The Labute approximate surface area is 165 Å². The van der Waals surface area contributed by atoms with Crippen molar-refractivity contribution in [3.63, 3.8) is 0 Å². The van der Waals surface area contributed by atoms with E-state index in [9.17, 15) is 25.2 Å². The molecule has 2 rings (SSSR count). The molecule has 0 amide bonds. The third-order valence-corrected chi connectivity index (χ3v) is 4.61. The SMILES string of the molecule is CCCc1ccc(OCCCCCCc2ccc(O)c(O)c2)c(C(=O)O)c1O. The Morgan fingerprint density at radius 3 is 2.36 bits per heavy atom. The number of carboxylic acid groups (broad SMARTS) is 1. The molecule has 6 heteroatoms. The first-order valence-corrected chi connectivity index (χ1v) is 9.65. The van der Waals surface area contributed by atoms with Crippen LogP contribution in [0, 0.1) is 0 Å². The molecule has 0 aliphatic carbocycles. The Hall–Kier alpha value is -2.89. The highest BCUT2D eigenvalue weighted by Gasteiger charge is 2.19. The number of benzene rings is 2. The van der Waals surface area contributed by atoms with Gasteiger partial charge in [0.1, 0.15) is 17.1 Å². The molecule has 0 atom stereocenters. The summed E-state index contributed by atoms with van der Waals surface area (Å²) in [6, 6.07) is 8.18. The lowest BCUT2D eigenvalue weighted by Gasteiger charge is -2.13. The second-order valence-corrected chi connectivity index (χ2v) is 6.84. The number of ether oxygens (including phenoxy) is 1. The zero-order valence-electron chi connectivity index (χ0n) is 16.1. The van der Waals surface area contributed by atoms with Crippen LogP contribution in [0.1, 0.15) is 60.5 Å². The molecule has 0 unspecified atom stereocenters. The molecule has 0 spiro atoms. The zero-order chi connectivity index (χ0) is 20.5. The maximum absolute atomic E-state index is 11.5. The summed E-state index contributed by atoms with van der Waals surface area (Å²) >= 11 is 0. The molecule has 0 radical (unpaired) electrons. The molecule has 0 aromatic heterocycles. The number of rotatable bonds is 11. The van der Waals surface area contributed by atoms with E-state index in [4.69, 9.17) is 4.74 Å². The highest BCUT2D eigenvalue weighted by atomic mass is 16.5. The van der Waals surface area contributed by atoms with Crippen LogP contribution in [-0.2, 0) is 12.8 Å². The van der Waals surface area contributed by atoms with Gasteiger partial charge in [-0.15, -0.1) is 0 Å². The van der Waals surface area contributed by atoms with Crippen molar-refractivity contribution >= 4 is 5.97 Å². The summed E-state index contributed by atoms with van der Waals surface area (Å²) in [5.41, 5.74) is 1.42. The second kappa shape index (κ2) is 10.4. The first kappa shape index (κ1) is 21.4. The molecular formula is C22H28O6. The smallest absolute Gasteiger partial charge is 0.343 e. The van der Waals surface area contributed by atoms with Crippen LogP contribution in [-0.4, -0.2) is 33.0 Å². The van der Waals surface area contributed by atoms with E-state index in [1.165, 1.54) is 6.07 Å². The minimum absolute atomic E-state index is 0.103. The van der Waals surface area contributed by atoms with Crippen molar-refractivity contribution in [1.29, 1.82) is 0 Å². The molecule has 0 aliphatic heterocycles. The minimum atomic E-state index is -1.19. The van der Waals surface area contributed by atoms with E-state index in [1.807, 2.05) is 6.92 Å². The van der Waals surface area contributed by atoms with E-state index in [-0.39, 0.29) is 28.6 Å². The lowest BCUT2D eigenvalue weighted by Crippen LogP contribution is -2.06. The predicted octanol–water partition coefficient (Wildman–Crippen LogP) is 4.64. The van der Waals surface area contributed by atoms with Crippen molar-refractivity contribution in [3.05, 3.63) is 47.0 Å². The summed E-state index contributed by atoms with van der Waals surface area (Å²) in [6.45, 7) is 2.35. The topological polar surface area (TPSA) is 107 Å². The van der Waals surface area contributed by atoms with Gasteiger partial charge in [-0.05, 0) is 55.0 Å². The summed E-state index contributed by atoms with van der Waals surface area (Å²) < 4.78 is 5.60. The molecule has 0 bridgehead atoms. The summed E-state index contributed by atoms with van der Waals surface area (Å²) in [7, 11) is 0. The molecule has 0 aliphatic rings. The Bertz CT molecular complexity index is 800. The van der Waals surface area contributed by atoms with Crippen LogP contribution >= 0.6 is 0 Å². The van der Waals surface area contributed by atoms with E-state index >= 15 is 0 Å². The van der Waals surface area contributed by atoms with E-state index in [1.54, 1.807) is 24.3 Å². The van der Waals surface area contributed by atoms with E-state index < -0.39 is 5.97 Å². The molecule has 28 heavy (non-hydrogen) atoms. The quantitative estimate of drug-likeness (QED) is 0.330. The Balaban J connectivity index is 1.76. The number of carbonyl (C=O) groups is 1. The van der Waals surface area contributed by atoms with Gasteiger partial charge in [-0.25, -0.2) is 4.79 Å². The van der Waals surface area contributed by atoms with Crippen molar-refractivity contribution in [3.8, 4) is 23.0 Å². The van der Waals surface area contributed by atoms with Crippen LogP contribution in [0.2, 0.25) is 0 Å². The first-order chi connectivity index (χ1) is 13.4. The van der Waals surface area contributed by atoms with Crippen LogP contribution in [0.3, 0.4) is 0 Å². The number of aromatic carboxylic acids is 1. The highest BCUT2D eigenvalue weighted by Crippen LogP contribution is 2.32. The average Bonchev–Trinajstić information content (AvgIpc) is 2.65. The maximum atomic E-state index is 11.5. The molecule has 6 nitrogen and oxygen atoms in total. The van der Waals surface area contributed by atoms with Crippen molar-refractivity contribution in [2.75, 3.05) is 6.61 Å². The third-order valence-electron chi connectivity index (χ3n) is 4.61. The monoisotopic (exact) mass is 388 g/mol. The molecule has 152 valence electrons. The Morgan fingerprint density at radius 1 is 0.929 bits per heavy atom. The van der Waals surface area contributed by atoms with Gasteiger partial charge in [0.05, 0.1) is 6.61 Å². The number of hydrogen-bond acceptors (Lipinski definition) is 5. The molecule has 2 aromatic carbocycles. The molecule has 2 aromatic rings. The predicted molar refractivity (Wildman–Crippen MR) is 106 cm³/mol. The molecule has 0 saturated heterocycles. The Kier molecular flexibility index (Phi) is 7.99. The molecule has 0 fully saturated rings. The number of hydrogen-bond donors (Lipinski definition) is 4. The summed E-state index contributed by atoms with van der Waals surface area (Å²) in [5.74, 6) is -1.42. The number of aryl methyl sites for hydroxylation is 2. The number of aromatic hydroxyl groups is 3. The molecular weight excluding hydrogens is 360 g/mol. The molecule has 0 heterocycles. The van der Waals surface area contributed by atoms with Gasteiger partial charge >= 0.3 is 5.97 Å². The number of carboxylic acids is 1. The first-order valence-electron chi connectivity index (χ1n) is 9.65.